The predicted molar refractivity (Wildman–Crippen MR) is 67.8 cm³/mol. The van der Waals surface area contributed by atoms with Gasteiger partial charge in [0, 0.05) is 0 Å². The number of hydrogen-bond acceptors (Lipinski definition) is 2. The SMILES string of the molecule is CCCCCCC1COCC(CCCC)O1. The molecule has 1 aliphatic rings. The molecule has 1 rings (SSSR count). The number of rotatable bonds is 8. The van der Waals surface area contributed by atoms with Crippen molar-refractivity contribution in [2.45, 2.75) is 77.4 Å². The molecule has 0 amide bonds. The molecule has 16 heavy (non-hydrogen) atoms. The molecular formula is C14H28O2. The van der Waals surface area contributed by atoms with Crippen LogP contribution in [0.1, 0.15) is 65.2 Å². The van der Waals surface area contributed by atoms with Crippen molar-refractivity contribution in [1.29, 1.82) is 0 Å². The monoisotopic (exact) mass is 228 g/mol. The molecule has 0 bridgehead atoms. The van der Waals surface area contributed by atoms with Crippen molar-refractivity contribution in [3.8, 4) is 0 Å². The predicted octanol–water partition coefficient (Wildman–Crippen LogP) is 3.93. The van der Waals surface area contributed by atoms with Gasteiger partial charge in [0.05, 0.1) is 25.4 Å². The van der Waals surface area contributed by atoms with Crippen molar-refractivity contribution in [2.24, 2.45) is 0 Å². The molecule has 1 fully saturated rings. The van der Waals surface area contributed by atoms with Gasteiger partial charge >= 0.3 is 0 Å². The summed E-state index contributed by atoms with van der Waals surface area (Å²) in [4.78, 5) is 0. The Morgan fingerprint density at radius 2 is 1.44 bits per heavy atom. The largest absolute Gasteiger partial charge is 0.376 e. The molecule has 2 heteroatoms. The zero-order valence-electron chi connectivity index (χ0n) is 11.0. The fourth-order valence-corrected chi connectivity index (χ4v) is 2.21. The summed E-state index contributed by atoms with van der Waals surface area (Å²) in [6.45, 7) is 6.10. The summed E-state index contributed by atoms with van der Waals surface area (Å²) < 4.78 is 11.7. The van der Waals surface area contributed by atoms with Crippen molar-refractivity contribution in [3.05, 3.63) is 0 Å². The van der Waals surface area contributed by atoms with Gasteiger partial charge in [0.2, 0.25) is 0 Å². The van der Waals surface area contributed by atoms with E-state index < -0.39 is 0 Å². The minimum absolute atomic E-state index is 0.366. The second-order valence-electron chi connectivity index (χ2n) is 4.91. The van der Waals surface area contributed by atoms with Gasteiger partial charge in [0.1, 0.15) is 0 Å². The van der Waals surface area contributed by atoms with Gasteiger partial charge in [-0.2, -0.15) is 0 Å². The Morgan fingerprint density at radius 3 is 2.06 bits per heavy atom. The first kappa shape index (κ1) is 14.0. The van der Waals surface area contributed by atoms with Crippen LogP contribution in [-0.2, 0) is 9.47 Å². The quantitative estimate of drug-likeness (QED) is 0.586. The van der Waals surface area contributed by atoms with Crippen molar-refractivity contribution in [1.82, 2.24) is 0 Å². The van der Waals surface area contributed by atoms with Crippen LogP contribution in [0.3, 0.4) is 0 Å². The maximum atomic E-state index is 6.04. The molecule has 2 atom stereocenters. The van der Waals surface area contributed by atoms with E-state index in [4.69, 9.17) is 9.47 Å². The molecule has 0 N–H and O–H groups in total. The Hall–Kier alpha value is -0.0800. The van der Waals surface area contributed by atoms with Crippen molar-refractivity contribution >= 4 is 0 Å². The van der Waals surface area contributed by atoms with E-state index in [0.717, 1.165) is 13.2 Å². The maximum absolute atomic E-state index is 6.04. The number of ether oxygens (including phenoxy) is 2. The van der Waals surface area contributed by atoms with E-state index in [1.807, 2.05) is 0 Å². The van der Waals surface area contributed by atoms with Crippen LogP contribution in [0.25, 0.3) is 0 Å². The first-order valence-electron chi connectivity index (χ1n) is 7.10. The van der Waals surface area contributed by atoms with Crippen LogP contribution in [0.15, 0.2) is 0 Å². The summed E-state index contributed by atoms with van der Waals surface area (Å²) in [6.07, 6.45) is 10.9. The number of hydrogen-bond donors (Lipinski definition) is 0. The summed E-state index contributed by atoms with van der Waals surface area (Å²) >= 11 is 0. The Morgan fingerprint density at radius 1 is 0.812 bits per heavy atom. The average Bonchev–Trinajstić information content (AvgIpc) is 2.33. The molecular weight excluding hydrogens is 200 g/mol. The van der Waals surface area contributed by atoms with Crippen LogP contribution in [0.5, 0.6) is 0 Å². The molecule has 96 valence electrons. The van der Waals surface area contributed by atoms with Crippen LogP contribution < -0.4 is 0 Å². The van der Waals surface area contributed by atoms with E-state index >= 15 is 0 Å². The third-order valence-electron chi connectivity index (χ3n) is 3.25. The van der Waals surface area contributed by atoms with Crippen LogP contribution in [0, 0.1) is 0 Å². The third-order valence-corrected chi connectivity index (χ3v) is 3.25. The molecule has 2 unspecified atom stereocenters. The second kappa shape index (κ2) is 9.00. The first-order valence-corrected chi connectivity index (χ1v) is 7.10. The van der Waals surface area contributed by atoms with Crippen molar-refractivity contribution < 1.29 is 9.47 Å². The summed E-state index contributed by atoms with van der Waals surface area (Å²) in [5.41, 5.74) is 0. The van der Waals surface area contributed by atoms with Crippen molar-refractivity contribution in [2.75, 3.05) is 13.2 Å². The van der Waals surface area contributed by atoms with Gasteiger partial charge in [-0.05, 0) is 12.8 Å². The highest BCUT2D eigenvalue weighted by Crippen LogP contribution is 2.18. The molecule has 1 aliphatic heterocycles. The lowest BCUT2D eigenvalue weighted by molar-refractivity contribution is -0.142. The molecule has 1 saturated heterocycles. The van der Waals surface area contributed by atoms with Gasteiger partial charge in [0.25, 0.3) is 0 Å². The Bertz CT molecular complexity index is 159. The minimum Gasteiger partial charge on any atom is -0.376 e. The Balaban J connectivity index is 2.07. The van der Waals surface area contributed by atoms with Gasteiger partial charge in [-0.25, -0.2) is 0 Å². The molecule has 0 aromatic carbocycles. The summed E-state index contributed by atoms with van der Waals surface area (Å²) in [5.74, 6) is 0. The molecule has 1 heterocycles. The van der Waals surface area contributed by atoms with E-state index in [0.29, 0.717) is 12.2 Å². The number of unbranched alkanes of at least 4 members (excludes halogenated alkanes) is 4. The molecule has 2 nitrogen and oxygen atoms in total. The normalized spacial score (nSPS) is 25.9. The van der Waals surface area contributed by atoms with Crippen LogP contribution in [0.4, 0.5) is 0 Å². The van der Waals surface area contributed by atoms with Gasteiger partial charge in [-0.15, -0.1) is 0 Å². The van der Waals surface area contributed by atoms with Crippen LogP contribution >= 0.6 is 0 Å². The molecule has 0 saturated carbocycles. The van der Waals surface area contributed by atoms with E-state index in [9.17, 15) is 0 Å². The van der Waals surface area contributed by atoms with E-state index in [1.165, 1.54) is 51.4 Å². The lowest BCUT2D eigenvalue weighted by atomic mass is 10.1. The molecule has 0 aromatic rings. The average molecular weight is 228 g/mol. The van der Waals surface area contributed by atoms with Crippen LogP contribution in [0.2, 0.25) is 0 Å². The van der Waals surface area contributed by atoms with Crippen molar-refractivity contribution in [3.63, 3.8) is 0 Å². The molecule has 0 aliphatic carbocycles. The summed E-state index contributed by atoms with van der Waals surface area (Å²) in [6, 6.07) is 0. The fraction of sp³-hybridized carbons (Fsp3) is 1.00. The lowest BCUT2D eigenvalue weighted by Crippen LogP contribution is -2.36. The maximum Gasteiger partial charge on any atom is 0.0813 e. The highest BCUT2D eigenvalue weighted by molar-refractivity contribution is 4.68. The van der Waals surface area contributed by atoms with Gasteiger partial charge in [0.15, 0.2) is 0 Å². The van der Waals surface area contributed by atoms with E-state index in [2.05, 4.69) is 13.8 Å². The summed E-state index contributed by atoms with van der Waals surface area (Å²) in [5, 5.41) is 0. The molecule has 0 radical (unpaired) electrons. The second-order valence-corrected chi connectivity index (χ2v) is 4.91. The van der Waals surface area contributed by atoms with E-state index in [-0.39, 0.29) is 0 Å². The zero-order valence-corrected chi connectivity index (χ0v) is 11.0. The van der Waals surface area contributed by atoms with Gasteiger partial charge < -0.3 is 9.47 Å². The zero-order chi connectivity index (χ0) is 11.6. The summed E-state index contributed by atoms with van der Waals surface area (Å²) in [7, 11) is 0. The smallest absolute Gasteiger partial charge is 0.0813 e. The Kier molecular flexibility index (Phi) is 7.87. The molecule has 0 aromatic heterocycles. The van der Waals surface area contributed by atoms with Crippen LogP contribution in [-0.4, -0.2) is 25.4 Å². The van der Waals surface area contributed by atoms with E-state index in [1.54, 1.807) is 0 Å². The molecule has 0 spiro atoms. The lowest BCUT2D eigenvalue weighted by Gasteiger charge is -2.30. The topological polar surface area (TPSA) is 18.5 Å². The highest BCUT2D eigenvalue weighted by Gasteiger charge is 2.21. The third kappa shape index (κ3) is 5.86. The Labute approximate surface area is 101 Å². The first-order chi connectivity index (χ1) is 7.86. The van der Waals surface area contributed by atoms with Gasteiger partial charge in [-0.1, -0.05) is 52.4 Å². The highest BCUT2D eigenvalue weighted by atomic mass is 16.6. The van der Waals surface area contributed by atoms with Gasteiger partial charge in [-0.3, -0.25) is 0 Å². The standard InChI is InChI=1S/C14H28O2/c1-3-5-7-8-10-14-12-15-11-13(16-14)9-6-4-2/h13-14H,3-12H2,1-2H3. The minimum atomic E-state index is 0.366. The fourth-order valence-electron chi connectivity index (χ4n) is 2.21.